The number of aromatic carboxylic acids is 1. The summed E-state index contributed by atoms with van der Waals surface area (Å²) in [5, 5.41) is 10.0. The number of benzene rings is 1. The second-order valence-corrected chi connectivity index (χ2v) is 5.01. The molecule has 0 aliphatic heterocycles. The molecule has 0 saturated heterocycles. The Morgan fingerprint density at radius 3 is 2.76 bits per heavy atom. The zero-order valence-corrected chi connectivity index (χ0v) is 9.95. The van der Waals surface area contributed by atoms with Gasteiger partial charge in [0.2, 0.25) is 0 Å². The van der Waals surface area contributed by atoms with E-state index in [0.717, 1.165) is 10.9 Å². The molecular formula is C13H16N2O2. The second kappa shape index (κ2) is 3.89. The molecule has 0 aliphatic carbocycles. The molecule has 0 aliphatic rings. The highest BCUT2D eigenvalue weighted by Crippen LogP contribution is 2.24. The molecule has 17 heavy (non-hydrogen) atoms. The third kappa shape index (κ3) is 2.31. The average molecular weight is 232 g/mol. The minimum atomic E-state index is -0.920. The molecule has 0 atom stereocenters. The van der Waals surface area contributed by atoms with Gasteiger partial charge in [0, 0.05) is 17.1 Å². The van der Waals surface area contributed by atoms with Crippen molar-refractivity contribution in [1.29, 1.82) is 0 Å². The minimum Gasteiger partial charge on any atom is -0.478 e. The summed E-state index contributed by atoms with van der Waals surface area (Å²) in [4.78, 5) is 14.1. The number of H-pyrrole nitrogens is 1. The Bertz CT molecular complexity index is 564. The van der Waals surface area contributed by atoms with Crippen LogP contribution in [0.5, 0.6) is 0 Å². The highest BCUT2D eigenvalue weighted by atomic mass is 16.4. The standard InChI is InChI=1S/C13H16N2O2/c1-13(2,14)6-8-7-15-11-9(8)4-3-5-10(11)12(16)17/h3-5,7,15H,6,14H2,1-2H3,(H,16,17). The number of aromatic nitrogens is 1. The van der Waals surface area contributed by atoms with Crippen molar-refractivity contribution >= 4 is 16.9 Å². The molecule has 2 rings (SSSR count). The number of nitrogens with one attached hydrogen (secondary N) is 1. The van der Waals surface area contributed by atoms with Gasteiger partial charge in [-0.2, -0.15) is 0 Å². The van der Waals surface area contributed by atoms with Gasteiger partial charge in [0.05, 0.1) is 11.1 Å². The Kier molecular flexibility index (Phi) is 2.67. The van der Waals surface area contributed by atoms with E-state index < -0.39 is 5.97 Å². The first kappa shape index (κ1) is 11.7. The molecule has 0 saturated carbocycles. The van der Waals surface area contributed by atoms with Gasteiger partial charge in [-0.15, -0.1) is 0 Å². The zero-order valence-electron chi connectivity index (χ0n) is 9.95. The molecule has 4 N–H and O–H groups in total. The van der Waals surface area contributed by atoms with Gasteiger partial charge in [0.15, 0.2) is 0 Å². The Balaban J connectivity index is 2.55. The Morgan fingerprint density at radius 2 is 2.18 bits per heavy atom. The lowest BCUT2D eigenvalue weighted by Crippen LogP contribution is -2.34. The number of hydrogen-bond donors (Lipinski definition) is 3. The molecule has 0 spiro atoms. The van der Waals surface area contributed by atoms with Crippen LogP contribution in [-0.2, 0) is 6.42 Å². The number of carboxylic acids is 1. The summed E-state index contributed by atoms with van der Waals surface area (Å²) in [6, 6.07) is 5.27. The maximum atomic E-state index is 11.1. The van der Waals surface area contributed by atoms with E-state index in [-0.39, 0.29) is 5.54 Å². The SMILES string of the molecule is CC(C)(N)Cc1c[nH]c2c(C(=O)O)cccc12. The van der Waals surface area contributed by atoms with Crippen molar-refractivity contribution < 1.29 is 9.90 Å². The first-order valence-electron chi connectivity index (χ1n) is 5.49. The van der Waals surface area contributed by atoms with Crippen LogP contribution in [0.4, 0.5) is 0 Å². The Morgan fingerprint density at radius 1 is 1.47 bits per heavy atom. The fraction of sp³-hybridized carbons (Fsp3) is 0.308. The number of rotatable bonds is 3. The van der Waals surface area contributed by atoms with Crippen LogP contribution in [0, 0.1) is 0 Å². The van der Waals surface area contributed by atoms with Crippen molar-refractivity contribution in [3.05, 3.63) is 35.5 Å². The summed E-state index contributed by atoms with van der Waals surface area (Å²) in [6.45, 7) is 3.90. The summed E-state index contributed by atoms with van der Waals surface area (Å²) in [5.41, 5.74) is 7.69. The number of para-hydroxylation sites is 1. The van der Waals surface area contributed by atoms with Gasteiger partial charge in [0.1, 0.15) is 0 Å². The van der Waals surface area contributed by atoms with Gasteiger partial charge < -0.3 is 15.8 Å². The lowest BCUT2D eigenvalue weighted by molar-refractivity contribution is 0.0699. The summed E-state index contributed by atoms with van der Waals surface area (Å²) in [7, 11) is 0. The van der Waals surface area contributed by atoms with Crippen molar-refractivity contribution in [3.63, 3.8) is 0 Å². The number of carbonyl (C=O) groups is 1. The van der Waals surface area contributed by atoms with E-state index in [0.29, 0.717) is 17.5 Å². The van der Waals surface area contributed by atoms with Gasteiger partial charge in [-0.25, -0.2) is 4.79 Å². The first-order chi connectivity index (χ1) is 7.88. The maximum Gasteiger partial charge on any atom is 0.337 e. The summed E-state index contributed by atoms with van der Waals surface area (Å²) in [6.07, 6.45) is 2.54. The predicted molar refractivity (Wildman–Crippen MR) is 67.2 cm³/mol. The van der Waals surface area contributed by atoms with E-state index in [9.17, 15) is 4.79 Å². The Hall–Kier alpha value is -1.81. The molecule has 0 fully saturated rings. The van der Waals surface area contributed by atoms with Crippen LogP contribution >= 0.6 is 0 Å². The van der Waals surface area contributed by atoms with Gasteiger partial charge >= 0.3 is 5.97 Å². The quantitative estimate of drug-likeness (QED) is 0.758. The van der Waals surface area contributed by atoms with E-state index in [1.807, 2.05) is 26.1 Å². The molecule has 90 valence electrons. The zero-order chi connectivity index (χ0) is 12.6. The molecule has 0 radical (unpaired) electrons. The molecule has 0 unspecified atom stereocenters. The van der Waals surface area contributed by atoms with E-state index in [1.54, 1.807) is 12.1 Å². The van der Waals surface area contributed by atoms with E-state index in [1.165, 1.54) is 0 Å². The number of fused-ring (bicyclic) bond motifs is 1. The predicted octanol–water partition coefficient (Wildman–Crippen LogP) is 2.15. The van der Waals surface area contributed by atoms with Gasteiger partial charge in [0.25, 0.3) is 0 Å². The molecule has 2 aromatic rings. The molecule has 4 heteroatoms. The third-order valence-corrected chi connectivity index (χ3v) is 2.68. The fourth-order valence-corrected chi connectivity index (χ4v) is 2.03. The molecule has 1 aromatic heterocycles. The average Bonchev–Trinajstić information content (AvgIpc) is 2.59. The number of carboxylic acid groups (broad SMARTS) is 1. The van der Waals surface area contributed by atoms with Crippen LogP contribution in [0.25, 0.3) is 10.9 Å². The van der Waals surface area contributed by atoms with Crippen molar-refractivity contribution in [2.45, 2.75) is 25.8 Å². The van der Waals surface area contributed by atoms with Crippen LogP contribution < -0.4 is 5.73 Å². The van der Waals surface area contributed by atoms with Crippen molar-refractivity contribution in [2.75, 3.05) is 0 Å². The number of nitrogens with two attached hydrogens (primary N) is 1. The number of hydrogen-bond acceptors (Lipinski definition) is 2. The van der Waals surface area contributed by atoms with Crippen LogP contribution in [0.15, 0.2) is 24.4 Å². The van der Waals surface area contributed by atoms with E-state index in [4.69, 9.17) is 10.8 Å². The summed E-state index contributed by atoms with van der Waals surface area (Å²) >= 11 is 0. The smallest absolute Gasteiger partial charge is 0.337 e. The first-order valence-corrected chi connectivity index (χ1v) is 5.49. The molecule has 0 amide bonds. The van der Waals surface area contributed by atoms with Crippen LogP contribution in [0.2, 0.25) is 0 Å². The lowest BCUT2D eigenvalue weighted by Gasteiger charge is -2.17. The number of aromatic amines is 1. The molecule has 0 bridgehead atoms. The van der Waals surface area contributed by atoms with Gasteiger partial charge in [-0.1, -0.05) is 12.1 Å². The van der Waals surface area contributed by atoms with Gasteiger partial charge in [-0.3, -0.25) is 0 Å². The van der Waals surface area contributed by atoms with Gasteiger partial charge in [-0.05, 0) is 31.9 Å². The monoisotopic (exact) mass is 232 g/mol. The lowest BCUT2D eigenvalue weighted by atomic mass is 9.95. The van der Waals surface area contributed by atoms with Crippen LogP contribution in [0.1, 0.15) is 29.8 Å². The Labute approximate surface area is 99.4 Å². The molecule has 1 aromatic carbocycles. The maximum absolute atomic E-state index is 11.1. The molecule has 1 heterocycles. The summed E-state index contributed by atoms with van der Waals surface area (Å²) < 4.78 is 0. The topological polar surface area (TPSA) is 79.1 Å². The highest BCUT2D eigenvalue weighted by molar-refractivity contribution is 6.03. The largest absolute Gasteiger partial charge is 0.478 e. The van der Waals surface area contributed by atoms with Crippen molar-refractivity contribution in [2.24, 2.45) is 5.73 Å². The van der Waals surface area contributed by atoms with Crippen LogP contribution in [0.3, 0.4) is 0 Å². The van der Waals surface area contributed by atoms with Crippen molar-refractivity contribution in [1.82, 2.24) is 4.98 Å². The van der Waals surface area contributed by atoms with E-state index >= 15 is 0 Å². The minimum absolute atomic E-state index is 0.295. The summed E-state index contributed by atoms with van der Waals surface area (Å²) in [5.74, 6) is -0.920. The molecule has 4 nitrogen and oxygen atoms in total. The second-order valence-electron chi connectivity index (χ2n) is 5.01. The van der Waals surface area contributed by atoms with E-state index in [2.05, 4.69) is 4.98 Å². The van der Waals surface area contributed by atoms with Crippen molar-refractivity contribution in [3.8, 4) is 0 Å². The highest BCUT2D eigenvalue weighted by Gasteiger charge is 2.17. The van der Waals surface area contributed by atoms with Crippen LogP contribution in [-0.4, -0.2) is 21.6 Å². The third-order valence-electron chi connectivity index (χ3n) is 2.68. The molecular weight excluding hydrogens is 216 g/mol. The normalized spacial score (nSPS) is 11.9. The fourth-order valence-electron chi connectivity index (χ4n) is 2.03.